The summed E-state index contributed by atoms with van der Waals surface area (Å²) in [6, 6.07) is 0. The van der Waals surface area contributed by atoms with Gasteiger partial charge in [-0.25, -0.2) is 0 Å². The molecule has 1 aliphatic heterocycles. The zero-order valence-corrected chi connectivity index (χ0v) is 6.18. The Balaban J connectivity index is 2.15. The minimum Gasteiger partial charge on any atom is -0.396 e. The SMILES string of the molecule is OCC12CCCC1OCC2. The predicted octanol–water partition coefficient (Wildman–Crippen LogP) is 0.938. The van der Waals surface area contributed by atoms with Gasteiger partial charge >= 0.3 is 0 Å². The average Bonchev–Trinajstić information content (AvgIpc) is 2.42. The van der Waals surface area contributed by atoms with Crippen molar-refractivity contribution in [3.05, 3.63) is 0 Å². The summed E-state index contributed by atoms with van der Waals surface area (Å²) in [7, 11) is 0. The highest BCUT2D eigenvalue weighted by molar-refractivity contribution is 4.96. The van der Waals surface area contributed by atoms with Gasteiger partial charge in [0.15, 0.2) is 0 Å². The molecule has 0 spiro atoms. The maximum Gasteiger partial charge on any atom is 0.0654 e. The van der Waals surface area contributed by atoms with Crippen LogP contribution in [-0.2, 0) is 4.74 Å². The number of aliphatic hydroxyl groups excluding tert-OH is 1. The van der Waals surface area contributed by atoms with Crippen LogP contribution in [0.3, 0.4) is 0 Å². The second-order valence-electron chi connectivity index (χ2n) is 3.52. The van der Waals surface area contributed by atoms with Crippen LogP contribution in [0.15, 0.2) is 0 Å². The minimum atomic E-state index is 0.181. The first-order valence-electron chi connectivity index (χ1n) is 4.10. The van der Waals surface area contributed by atoms with Crippen molar-refractivity contribution in [3.63, 3.8) is 0 Å². The van der Waals surface area contributed by atoms with Gasteiger partial charge in [-0.1, -0.05) is 6.42 Å². The van der Waals surface area contributed by atoms with Crippen LogP contribution in [0.1, 0.15) is 25.7 Å². The second kappa shape index (κ2) is 2.21. The Hall–Kier alpha value is -0.0800. The molecule has 1 saturated carbocycles. The van der Waals surface area contributed by atoms with E-state index >= 15 is 0 Å². The number of ether oxygens (including phenoxy) is 1. The van der Waals surface area contributed by atoms with E-state index < -0.39 is 0 Å². The van der Waals surface area contributed by atoms with Gasteiger partial charge in [-0.15, -0.1) is 0 Å². The maximum atomic E-state index is 9.15. The van der Waals surface area contributed by atoms with Gasteiger partial charge in [0.25, 0.3) is 0 Å². The van der Waals surface area contributed by atoms with Gasteiger partial charge in [0.05, 0.1) is 12.7 Å². The Kier molecular flexibility index (Phi) is 1.46. The van der Waals surface area contributed by atoms with E-state index in [1.807, 2.05) is 0 Å². The van der Waals surface area contributed by atoms with E-state index in [-0.39, 0.29) is 5.41 Å². The molecule has 1 N–H and O–H groups in total. The molecular weight excluding hydrogens is 128 g/mol. The molecule has 0 radical (unpaired) electrons. The predicted molar refractivity (Wildman–Crippen MR) is 37.7 cm³/mol. The van der Waals surface area contributed by atoms with Crippen molar-refractivity contribution >= 4 is 0 Å². The lowest BCUT2D eigenvalue weighted by Crippen LogP contribution is -2.28. The molecule has 1 aliphatic carbocycles. The summed E-state index contributed by atoms with van der Waals surface area (Å²) in [5, 5.41) is 9.15. The van der Waals surface area contributed by atoms with Crippen LogP contribution in [0.5, 0.6) is 0 Å². The van der Waals surface area contributed by atoms with E-state index in [1.54, 1.807) is 0 Å². The third kappa shape index (κ3) is 0.722. The normalized spacial score (nSPS) is 45.9. The zero-order valence-electron chi connectivity index (χ0n) is 6.18. The molecule has 2 fully saturated rings. The van der Waals surface area contributed by atoms with Crippen LogP contribution in [0.25, 0.3) is 0 Å². The van der Waals surface area contributed by atoms with E-state index in [4.69, 9.17) is 9.84 Å². The highest BCUT2D eigenvalue weighted by Crippen LogP contribution is 2.46. The summed E-state index contributed by atoms with van der Waals surface area (Å²) in [6.45, 7) is 1.20. The fraction of sp³-hybridized carbons (Fsp3) is 1.00. The highest BCUT2D eigenvalue weighted by Gasteiger charge is 2.46. The van der Waals surface area contributed by atoms with Gasteiger partial charge in [-0.2, -0.15) is 0 Å². The molecule has 1 saturated heterocycles. The lowest BCUT2D eigenvalue weighted by Gasteiger charge is -2.23. The van der Waals surface area contributed by atoms with Gasteiger partial charge in [-0.3, -0.25) is 0 Å². The first-order valence-corrected chi connectivity index (χ1v) is 4.10. The van der Waals surface area contributed by atoms with Gasteiger partial charge < -0.3 is 9.84 Å². The molecule has 2 atom stereocenters. The summed E-state index contributed by atoms with van der Waals surface area (Å²) in [4.78, 5) is 0. The van der Waals surface area contributed by atoms with Crippen molar-refractivity contribution < 1.29 is 9.84 Å². The molecule has 0 amide bonds. The average molecular weight is 142 g/mol. The van der Waals surface area contributed by atoms with Crippen molar-refractivity contribution in [1.82, 2.24) is 0 Å². The quantitative estimate of drug-likeness (QED) is 0.590. The van der Waals surface area contributed by atoms with Crippen LogP contribution in [-0.4, -0.2) is 24.4 Å². The first kappa shape index (κ1) is 6.62. The number of rotatable bonds is 1. The van der Waals surface area contributed by atoms with Crippen LogP contribution in [0, 0.1) is 5.41 Å². The minimum absolute atomic E-state index is 0.181. The third-order valence-corrected chi connectivity index (χ3v) is 3.06. The number of fused-ring (bicyclic) bond motifs is 1. The standard InChI is InChI=1S/C8H14O2/c9-6-8-3-1-2-7(8)10-5-4-8/h7,9H,1-6H2. The van der Waals surface area contributed by atoms with Crippen molar-refractivity contribution in [2.75, 3.05) is 13.2 Å². The Bertz CT molecular complexity index is 123. The van der Waals surface area contributed by atoms with Crippen molar-refractivity contribution in [3.8, 4) is 0 Å². The van der Waals surface area contributed by atoms with E-state index in [1.165, 1.54) is 19.3 Å². The van der Waals surface area contributed by atoms with Gasteiger partial charge in [0, 0.05) is 12.0 Å². The van der Waals surface area contributed by atoms with Crippen molar-refractivity contribution in [2.45, 2.75) is 31.8 Å². The Morgan fingerprint density at radius 2 is 2.40 bits per heavy atom. The largest absolute Gasteiger partial charge is 0.396 e. The number of hydrogen-bond donors (Lipinski definition) is 1. The van der Waals surface area contributed by atoms with Crippen molar-refractivity contribution in [2.24, 2.45) is 5.41 Å². The lowest BCUT2D eigenvalue weighted by atomic mass is 9.84. The van der Waals surface area contributed by atoms with Gasteiger partial charge in [0.2, 0.25) is 0 Å². The summed E-state index contributed by atoms with van der Waals surface area (Å²) < 4.78 is 5.51. The fourth-order valence-corrected chi connectivity index (χ4v) is 2.32. The summed E-state index contributed by atoms with van der Waals surface area (Å²) in [5.74, 6) is 0. The highest BCUT2D eigenvalue weighted by atomic mass is 16.5. The fourth-order valence-electron chi connectivity index (χ4n) is 2.32. The number of hydrogen-bond acceptors (Lipinski definition) is 2. The lowest BCUT2D eigenvalue weighted by molar-refractivity contribution is 0.0380. The maximum absolute atomic E-state index is 9.15. The monoisotopic (exact) mass is 142 g/mol. The smallest absolute Gasteiger partial charge is 0.0654 e. The van der Waals surface area contributed by atoms with E-state index in [0.717, 1.165) is 13.0 Å². The molecule has 1 heterocycles. The molecule has 2 aliphatic rings. The Morgan fingerprint density at radius 3 is 3.10 bits per heavy atom. The molecule has 2 nitrogen and oxygen atoms in total. The molecule has 0 aromatic rings. The Morgan fingerprint density at radius 1 is 1.50 bits per heavy atom. The molecule has 58 valence electrons. The van der Waals surface area contributed by atoms with Crippen LogP contribution < -0.4 is 0 Å². The molecule has 10 heavy (non-hydrogen) atoms. The molecule has 2 heteroatoms. The molecule has 0 bridgehead atoms. The van der Waals surface area contributed by atoms with E-state index in [2.05, 4.69) is 0 Å². The Labute approximate surface area is 61.2 Å². The molecular formula is C8H14O2. The van der Waals surface area contributed by atoms with E-state index in [0.29, 0.717) is 12.7 Å². The van der Waals surface area contributed by atoms with Crippen LogP contribution in [0.2, 0.25) is 0 Å². The summed E-state index contributed by atoms with van der Waals surface area (Å²) in [5.41, 5.74) is 0.181. The molecule has 0 aromatic heterocycles. The topological polar surface area (TPSA) is 29.5 Å². The van der Waals surface area contributed by atoms with E-state index in [9.17, 15) is 0 Å². The van der Waals surface area contributed by atoms with Crippen LogP contribution >= 0.6 is 0 Å². The third-order valence-electron chi connectivity index (χ3n) is 3.06. The van der Waals surface area contributed by atoms with Crippen molar-refractivity contribution in [1.29, 1.82) is 0 Å². The van der Waals surface area contributed by atoms with Crippen LogP contribution in [0.4, 0.5) is 0 Å². The zero-order chi connectivity index (χ0) is 7.03. The summed E-state index contributed by atoms with van der Waals surface area (Å²) in [6.07, 6.45) is 5.05. The second-order valence-corrected chi connectivity index (χ2v) is 3.52. The van der Waals surface area contributed by atoms with Gasteiger partial charge in [0.1, 0.15) is 0 Å². The first-order chi connectivity index (χ1) is 4.87. The van der Waals surface area contributed by atoms with Gasteiger partial charge in [-0.05, 0) is 19.3 Å². The summed E-state index contributed by atoms with van der Waals surface area (Å²) >= 11 is 0. The molecule has 2 rings (SSSR count). The molecule has 0 aromatic carbocycles. The number of aliphatic hydroxyl groups is 1. The molecule has 2 unspecified atom stereocenters.